The molecule has 0 aliphatic heterocycles. The third-order valence-electron chi connectivity index (χ3n) is 4.52. The zero-order chi connectivity index (χ0) is 22.1. The van der Waals surface area contributed by atoms with Gasteiger partial charge in [-0.1, -0.05) is 24.3 Å². The second kappa shape index (κ2) is 12.8. The molecule has 3 aromatic rings. The maximum absolute atomic E-state index is 13.4. The van der Waals surface area contributed by atoms with Crippen molar-refractivity contribution in [2.75, 3.05) is 11.9 Å². The van der Waals surface area contributed by atoms with Gasteiger partial charge in [0.25, 0.3) is 0 Å². The van der Waals surface area contributed by atoms with E-state index in [0.717, 1.165) is 17.7 Å². The second-order valence-electron chi connectivity index (χ2n) is 7.08. The van der Waals surface area contributed by atoms with Crippen LogP contribution in [0.25, 0.3) is 0 Å². The van der Waals surface area contributed by atoms with Gasteiger partial charge in [-0.05, 0) is 54.8 Å². The first-order valence-corrected chi connectivity index (χ1v) is 10.2. The lowest BCUT2D eigenvalue weighted by molar-refractivity contribution is -0.116. The zero-order valence-corrected chi connectivity index (χ0v) is 20.5. The lowest BCUT2D eigenvalue weighted by atomic mass is 10.1. The van der Waals surface area contributed by atoms with Crippen LogP contribution in [0.1, 0.15) is 23.6 Å². The number of amides is 1. The predicted octanol–water partition coefficient (Wildman–Crippen LogP) is 3.84. The van der Waals surface area contributed by atoms with Crippen molar-refractivity contribution in [3.63, 3.8) is 0 Å². The molecule has 0 aliphatic rings. The number of carbonyl (C=O) groups excluding carboxylic acids is 1. The van der Waals surface area contributed by atoms with E-state index in [1.807, 2.05) is 37.3 Å². The molecule has 0 spiro atoms. The van der Waals surface area contributed by atoms with Crippen molar-refractivity contribution in [1.82, 2.24) is 20.4 Å². The Kier molecular flexibility index (Phi) is 10.1. The fourth-order valence-electron chi connectivity index (χ4n) is 3.00. The standard InChI is InChI=1S/C23H27FN6O.HI/c1-3-25-23(27-15-19-8-9-21(24)17(2)12-19)26-14-18-6-4-7-20(13-18)29-22(31)16-30-11-5-10-28-30;/h4-13H,3,14-16H2,1-2H3,(H,29,31)(H2,25,26,27);1H. The molecular weight excluding hydrogens is 522 g/mol. The van der Waals surface area contributed by atoms with Crippen LogP contribution < -0.4 is 16.0 Å². The highest BCUT2D eigenvalue weighted by molar-refractivity contribution is 14.0. The average Bonchev–Trinajstić information content (AvgIpc) is 3.25. The van der Waals surface area contributed by atoms with Gasteiger partial charge in [0.15, 0.2) is 5.96 Å². The Hall–Kier alpha value is -2.95. The van der Waals surface area contributed by atoms with Gasteiger partial charge in [0, 0.05) is 31.2 Å². The van der Waals surface area contributed by atoms with Crippen molar-refractivity contribution in [3.8, 4) is 0 Å². The number of aromatic nitrogens is 2. The van der Waals surface area contributed by atoms with E-state index in [4.69, 9.17) is 0 Å². The van der Waals surface area contributed by atoms with Crippen molar-refractivity contribution in [3.05, 3.63) is 83.4 Å². The predicted molar refractivity (Wildman–Crippen MR) is 136 cm³/mol. The number of rotatable bonds is 8. The molecule has 0 aliphatic carbocycles. The summed E-state index contributed by atoms with van der Waals surface area (Å²) in [6.45, 7) is 5.61. The molecule has 3 N–H and O–H groups in total. The zero-order valence-electron chi connectivity index (χ0n) is 18.1. The first-order chi connectivity index (χ1) is 15.0. The number of guanidine groups is 1. The molecule has 1 heterocycles. The van der Waals surface area contributed by atoms with E-state index >= 15 is 0 Å². The molecule has 0 saturated heterocycles. The van der Waals surface area contributed by atoms with Gasteiger partial charge in [0.1, 0.15) is 12.4 Å². The molecule has 2 aromatic carbocycles. The third kappa shape index (κ3) is 7.95. The van der Waals surface area contributed by atoms with E-state index in [1.54, 1.807) is 36.1 Å². The molecule has 1 amide bonds. The molecule has 0 saturated carbocycles. The third-order valence-corrected chi connectivity index (χ3v) is 4.52. The number of hydrogen-bond donors (Lipinski definition) is 3. The van der Waals surface area contributed by atoms with Crippen molar-refractivity contribution in [2.45, 2.75) is 33.5 Å². The summed E-state index contributed by atoms with van der Waals surface area (Å²) in [5.74, 6) is 0.312. The number of anilines is 1. The first kappa shape index (κ1) is 25.3. The van der Waals surface area contributed by atoms with Crippen LogP contribution in [0, 0.1) is 12.7 Å². The van der Waals surface area contributed by atoms with Gasteiger partial charge in [-0.3, -0.25) is 9.48 Å². The highest BCUT2D eigenvalue weighted by atomic mass is 127. The fourth-order valence-corrected chi connectivity index (χ4v) is 3.00. The van der Waals surface area contributed by atoms with Crippen LogP contribution in [-0.2, 0) is 24.4 Å². The maximum atomic E-state index is 13.4. The van der Waals surface area contributed by atoms with Crippen LogP contribution in [-0.4, -0.2) is 28.2 Å². The quantitative estimate of drug-likeness (QED) is 0.226. The number of hydrogen-bond acceptors (Lipinski definition) is 3. The van der Waals surface area contributed by atoms with E-state index in [2.05, 4.69) is 26.0 Å². The molecule has 0 fully saturated rings. The van der Waals surface area contributed by atoms with Crippen LogP contribution in [0.15, 0.2) is 65.9 Å². The van der Waals surface area contributed by atoms with Gasteiger partial charge in [-0.15, -0.1) is 24.0 Å². The summed E-state index contributed by atoms with van der Waals surface area (Å²) in [6, 6.07) is 14.4. The molecule has 0 radical (unpaired) electrons. The first-order valence-electron chi connectivity index (χ1n) is 10.2. The minimum Gasteiger partial charge on any atom is -0.357 e. The Morgan fingerprint density at radius 2 is 1.97 bits per heavy atom. The molecule has 1 aromatic heterocycles. The van der Waals surface area contributed by atoms with E-state index < -0.39 is 0 Å². The largest absolute Gasteiger partial charge is 0.357 e. The molecule has 170 valence electrons. The van der Waals surface area contributed by atoms with Crippen LogP contribution in [0.5, 0.6) is 0 Å². The Morgan fingerprint density at radius 1 is 1.12 bits per heavy atom. The minimum atomic E-state index is -0.207. The number of aliphatic imine (C=N–C) groups is 1. The molecule has 0 unspecified atom stereocenters. The molecular formula is C23H28FIN6O. The van der Waals surface area contributed by atoms with Gasteiger partial charge in [0.05, 0.1) is 6.54 Å². The van der Waals surface area contributed by atoms with Crippen molar-refractivity contribution < 1.29 is 9.18 Å². The molecule has 0 atom stereocenters. The Labute approximate surface area is 204 Å². The van der Waals surface area contributed by atoms with Gasteiger partial charge in [0.2, 0.25) is 5.91 Å². The fraction of sp³-hybridized carbons (Fsp3) is 0.261. The number of nitrogens with one attached hydrogen (secondary N) is 3. The smallest absolute Gasteiger partial charge is 0.246 e. The van der Waals surface area contributed by atoms with E-state index in [9.17, 15) is 9.18 Å². The summed E-state index contributed by atoms with van der Waals surface area (Å²) in [7, 11) is 0. The second-order valence-corrected chi connectivity index (χ2v) is 7.08. The summed E-state index contributed by atoms with van der Waals surface area (Å²) in [6.07, 6.45) is 3.38. The maximum Gasteiger partial charge on any atom is 0.246 e. The summed E-state index contributed by atoms with van der Waals surface area (Å²) in [5.41, 5.74) is 3.27. The Morgan fingerprint density at radius 3 is 2.69 bits per heavy atom. The minimum absolute atomic E-state index is 0. The average molecular weight is 550 g/mol. The number of aryl methyl sites for hydroxylation is 1. The number of nitrogens with zero attached hydrogens (tertiary/aromatic N) is 3. The summed E-state index contributed by atoms with van der Waals surface area (Å²) in [4.78, 5) is 16.8. The van der Waals surface area contributed by atoms with Crippen LogP contribution in [0.2, 0.25) is 0 Å². The normalized spacial score (nSPS) is 10.9. The van der Waals surface area contributed by atoms with Crippen molar-refractivity contribution >= 4 is 41.5 Å². The van der Waals surface area contributed by atoms with Crippen LogP contribution >= 0.6 is 24.0 Å². The summed E-state index contributed by atoms with van der Waals surface area (Å²) < 4.78 is 15.0. The van der Waals surface area contributed by atoms with Crippen molar-refractivity contribution in [2.24, 2.45) is 4.99 Å². The Bertz CT molecular complexity index is 1040. The van der Waals surface area contributed by atoms with Gasteiger partial charge in [-0.25, -0.2) is 9.38 Å². The highest BCUT2D eigenvalue weighted by Gasteiger charge is 2.05. The number of carbonyl (C=O) groups is 1. The number of halogens is 2. The van der Waals surface area contributed by atoms with E-state index in [1.165, 1.54) is 6.07 Å². The monoisotopic (exact) mass is 550 g/mol. The lowest BCUT2D eigenvalue weighted by Crippen LogP contribution is -2.36. The van der Waals surface area contributed by atoms with Gasteiger partial charge >= 0.3 is 0 Å². The van der Waals surface area contributed by atoms with Crippen molar-refractivity contribution in [1.29, 1.82) is 0 Å². The van der Waals surface area contributed by atoms with Gasteiger partial charge < -0.3 is 16.0 Å². The Balaban J connectivity index is 0.00000363. The highest BCUT2D eigenvalue weighted by Crippen LogP contribution is 2.12. The number of benzene rings is 2. The summed E-state index contributed by atoms with van der Waals surface area (Å²) >= 11 is 0. The van der Waals surface area contributed by atoms with E-state index in [0.29, 0.717) is 30.3 Å². The SMILES string of the molecule is CCNC(=NCc1cccc(NC(=O)Cn2cccn2)c1)NCc1ccc(F)c(C)c1.I. The van der Waals surface area contributed by atoms with Crippen LogP contribution in [0.3, 0.4) is 0 Å². The van der Waals surface area contributed by atoms with Gasteiger partial charge in [-0.2, -0.15) is 5.10 Å². The summed E-state index contributed by atoms with van der Waals surface area (Å²) in [5, 5.41) is 13.4. The molecule has 7 nitrogen and oxygen atoms in total. The molecule has 9 heteroatoms. The topological polar surface area (TPSA) is 83.3 Å². The van der Waals surface area contributed by atoms with E-state index in [-0.39, 0.29) is 42.2 Å². The molecule has 32 heavy (non-hydrogen) atoms. The lowest BCUT2D eigenvalue weighted by Gasteiger charge is -2.12. The molecule has 0 bridgehead atoms. The molecule has 3 rings (SSSR count). The van der Waals surface area contributed by atoms with Crippen LogP contribution in [0.4, 0.5) is 10.1 Å².